The molecule has 5 atom stereocenters. The van der Waals surface area contributed by atoms with Crippen molar-refractivity contribution < 1.29 is 24.3 Å². The minimum Gasteiger partial charge on any atom is -0.391 e. The van der Waals surface area contributed by atoms with Gasteiger partial charge in [-0.15, -0.1) is 16.4 Å². The number of nitrogens with zero attached hydrogens (tertiary/aromatic N) is 5. The molecule has 4 rings (SSSR count). The Morgan fingerprint density at radius 3 is 2.64 bits per heavy atom. The van der Waals surface area contributed by atoms with Crippen molar-refractivity contribution in [3.63, 3.8) is 0 Å². The van der Waals surface area contributed by atoms with Gasteiger partial charge in [0.05, 0.1) is 36.0 Å². The summed E-state index contributed by atoms with van der Waals surface area (Å²) in [5.41, 5.74) is 2.41. The predicted molar refractivity (Wildman–Crippen MR) is 181 cm³/mol. The summed E-state index contributed by atoms with van der Waals surface area (Å²) in [5, 5.41) is 30.0. The van der Waals surface area contributed by atoms with E-state index < -0.39 is 42.0 Å². The fourth-order valence-corrected chi connectivity index (χ4v) is 7.32. The number of carbonyl (C=O) groups is 4. The van der Waals surface area contributed by atoms with Crippen LogP contribution < -0.4 is 16.0 Å². The standard InChI is InChI=1S/C32H48N8O5S2/c1-19-29(43)36-28(20(2)41)31(45)35-26(11-14-46-6)30(44)33-16-25-17-39(38-37-25)12-9-22-7-8-23(32(22,4)5)10-13-40(19)27(42)15-24-18-47-21(3)34-24/h7,17-20,23,26,28,41H,8-16H2,1-6H3,(H,33,44)(H,35,45)(H,36,43)/t19-,20+,23+,26-,28-/m0/s1. The maximum atomic E-state index is 13.8. The molecule has 2 aliphatic rings. The van der Waals surface area contributed by atoms with Crippen molar-refractivity contribution in [1.29, 1.82) is 0 Å². The van der Waals surface area contributed by atoms with E-state index in [0.717, 1.165) is 17.8 Å². The Balaban J connectivity index is 1.63. The summed E-state index contributed by atoms with van der Waals surface area (Å²) >= 11 is 2.99. The molecule has 0 saturated carbocycles. The third-order valence-corrected chi connectivity index (χ3v) is 10.8. The summed E-state index contributed by atoms with van der Waals surface area (Å²) in [5.74, 6) is -1.07. The highest BCUT2D eigenvalue weighted by atomic mass is 32.2. The van der Waals surface area contributed by atoms with Crippen molar-refractivity contribution in [2.75, 3.05) is 18.6 Å². The van der Waals surface area contributed by atoms with Gasteiger partial charge in [-0.2, -0.15) is 11.8 Å². The topological polar surface area (TPSA) is 171 Å². The van der Waals surface area contributed by atoms with Gasteiger partial charge in [0.2, 0.25) is 23.6 Å². The molecule has 0 aromatic carbocycles. The number of thiazole rings is 1. The van der Waals surface area contributed by atoms with Crippen LogP contribution in [0.5, 0.6) is 0 Å². The van der Waals surface area contributed by atoms with Gasteiger partial charge in [0.15, 0.2) is 0 Å². The van der Waals surface area contributed by atoms with Gasteiger partial charge in [-0.25, -0.2) is 4.98 Å². The van der Waals surface area contributed by atoms with E-state index in [4.69, 9.17) is 0 Å². The number of carbonyl (C=O) groups excluding carboxylic acids is 4. The van der Waals surface area contributed by atoms with Gasteiger partial charge in [0.25, 0.3) is 0 Å². The third kappa shape index (κ3) is 9.41. The molecule has 47 heavy (non-hydrogen) atoms. The van der Waals surface area contributed by atoms with E-state index in [-0.39, 0.29) is 30.2 Å². The number of amides is 4. The Bertz CT molecular complexity index is 1450. The van der Waals surface area contributed by atoms with Crippen molar-refractivity contribution in [3.05, 3.63) is 39.6 Å². The number of fused-ring (bicyclic) bond motifs is 4. The van der Waals surface area contributed by atoms with Crippen LogP contribution in [0.2, 0.25) is 0 Å². The lowest BCUT2D eigenvalue weighted by molar-refractivity contribution is -0.141. The van der Waals surface area contributed by atoms with Crippen molar-refractivity contribution in [2.45, 2.75) is 104 Å². The largest absolute Gasteiger partial charge is 0.391 e. The van der Waals surface area contributed by atoms with E-state index >= 15 is 0 Å². The van der Waals surface area contributed by atoms with E-state index in [1.54, 1.807) is 16.5 Å². The molecule has 13 nitrogen and oxygen atoms in total. The molecular formula is C32H48N8O5S2. The molecule has 0 spiro atoms. The first-order valence-electron chi connectivity index (χ1n) is 16.1. The van der Waals surface area contributed by atoms with Crippen LogP contribution in [0, 0.1) is 18.3 Å². The molecule has 4 amide bonds. The van der Waals surface area contributed by atoms with Gasteiger partial charge in [0.1, 0.15) is 23.8 Å². The van der Waals surface area contributed by atoms with Crippen LogP contribution in [0.4, 0.5) is 0 Å². The number of thioether (sulfide) groups is 1. The van der Waals surface area contributed by atoms with Gasteiger partial charge in [0, 0.05) is 18.5 Å². The molecule has 0 fully saturated rings. The fourth-order valence-electron chi connectivity index (χ4n) is 6.23. The number of nitrogens with one attached hydrogen (secondary N) is 3. The zero-order valence-corrected chi connectivity index (χ0v) is 29.7. The van der Waals surface area contributed by atoms with Crippen LogP contribution in [-0.2, 0) is 38.7 Å². The normalized spacial score (nSPS) is 25.2. The quantitative estimate of drug-likeness (QED) is 0.332. The number of allylic oxidation sites excluding steroid dienone is 2. The number of rotatable bonds is 6. The first-order valence-corrected chi connectivity index (χ1v) is 18.4. The molecule has 1 aliphatic heterocycles. The first-order chi connectivity index (χ1) is 22.3. The molecule has 4 N–H and O–H groups in total. The second kappa shape index (κ2) is 16.2. The van der Waals surface area contributed by atoms with Gasteiger partial charge < -0.3 is 26.0 Å². The summed E-state index contributed by atoms with van der Waals surface area (Å²) in [4.78, 5) is 60.2. The second-order valence-corrected chi connectivity index (χ2v) is 15.0. The fraction of sp³-hybridized carbons (Fsp3) is 0.656. The van der Waals surface area contributed by atoms with E-state index in [2.05, 4.69) is 51.2 Å². The SMILES string of the molecule is CSCC[C@@H]1NC(=O)[C@H]([C@@H](C)O)NC(=O)[C@H](C)N(C(=O)Cc2csc(C)n2)CC[C@H]2CC=C(CCn3cc(nn3)CNC1=O)C2(C)C. The molecule has 2 aromatic heterocycles. The highest BCUT2D eigenvalue weighted by Crippen LogP contribution is 2.46. The lowest BCUT2D eigenvalue weighted by atomic mass is 9.74. The molecule has 15 heteroatoms. The van der Waals surface area contributed by atoms with E-state index in [9.17, 15) is 24.3 Å². The smallest absolute Gasteiger partial charge is 0.245 e. The Morgan fingerprint density at radius 1 is 1.19 bits per heavy atom. The summed E-state index contributed by atoms with van der Waals surface area (Å²) in [6.45, 7) is 10.4. The van der Waals surface area contributed by atoms with Crippen LogP contribution >= 0.6 is 23.1 Å². The van der Waals surface area contributed by atoms with Crippen LogP contribution in [0.3, 0.4) is 0 Å². The Morgan fingerprint density at radius 2 is 1.96 bits per heavy atom. The van der Waals surface area contributed by atoms with Crippen LogP contribution in [-0.4, -0.2) is 96.4 Å². The molecule has 1 aliphatic carbocycles. The summed E-state index contributed by atoms with van der Waals surface area (Å²) in [6, 6.07) is -3.18. The zero-order chi connectivity index (χ0) is 34.3. The van der Waals surface area contributed by atoms with Crippen LogP contribution in [0.15, 0.2) is 23.2 Å². The van der Waals surface area contributed by atoms with E-state index in [1.165, 1.54) is 35.6 Å². The summed E-state index contributed by atoms with van der Waals surface area (Å²) in [7, 11) is 0. The number of aliphatic hydroxyl groups is 1. The van der Waals surface area contributed by atoms with Crippen molar-refractivity contribution in [1.82, 2.24) is 40.8 Å². The highest BCUT2D eigenvalue weighted by Gasteiger charge is 2.38. The number of hydrogen-bond donors (Lipinski definition) is 4. The second-order valence-electron chi connectivity index (χ2n) is 13.0. The number of aliphatic hydroxyl groups excluding tert-OH is 1. The van der Waals surface area contributed by atoms with Crippen molar-refractivity contribution in [3.8, 4) is 0 Å². The maximum Gasteiger partial charge on any atom is 0.245 e. The molecule has 0 saturated heterocycles. The summed E-state index contributed by atoms with van der Waals surface area (Å²) in [6.07, 6.45) is 7.42. The molecule has 4 bridgehead atoms. The molecule has 3 heterocycles. The minimum atomic E-state index is -1.35. The first kappa shape index (κ1) is 36.5. The van der Waals surface area contributed by atoms with Gasteiger partial charge in [-0.1, -0.05) is 30.7 Å². The van der Waals surface area contributed by atoms with Crippen molar-refractivity contribution >= 4 is 46.7 Å². The average Bonchev–Trinajstić information content (AvgIpc) is 3.72. The van der Waals surface area contributed by atoms with E-state index in [1.807, 2.05) is 24.8 Å². The van der Waals surface area contributed by atoms with E-state index in [0.29, 0.717) is 43.1 Å². The Hall–Kier alpha value is -3.30. The third-order valence-electron chi connectivity index (χ3n) is 9.33. The Kier molecular flexibility index (Phi) is 12.6. The monoisotopic (exact) mass is 688 g/mol. The molecule has 258 valence electrons. The van der Waals surface area contributed by atoms with Gasteiger partial charge in [-0.05, 0) is 69.8 Å². The predicted octanol–water partition coefficient (Wildman–Crippen LogP) is 1.99. The Labute approximate surface area is 284 Å². The van der Waals surface area contributed by atoms with Gasteiger partial charge >= 0.3 is 0 Å². The van der Waals surface area contributed by atoms with Crippen LogP contribution in [0.25, 0.3) is 0 Å². The lowest BCUT2D eigenvalue weighted by Crippen LogP contribution is -2.60. The highest BCUT2D eigenvalue weighted by molar-refractivity contribution is 7.98. The zero-order valence-electron chi connectivity index (χ0n) is 28.1. The van der Waals surface area contributed by atoms with Gasteiger partial charge in [-0.3, -0.25) is 23.9 Å². The molecular weight excluding hydrogens is 641 g/mol. The lowest BCUT2D eigenvalue weighted by Gasteiger charge is -2.35. The molecule has 2 aromatic rings. The molecule has 0 radical (unpaired) electrons. The van der Waals surface area contributed by atoms with Crippen molar-refractivity contribution in [2.24, 2.45) is 11.3 Å². The molecule has 0 unspecified atom stereocenters. The number of aromatic nitrogens is 4. The maximum absolute atomic E-state index is 13.8. The average molecular weight is 689 g/mol. The number of hydrogen-bond acceptors (Lipinski definition) is 10. The number of aryl methyl sites for hydroxylation is 2. The minimum absolute atomic E-state index is 0.0476. The van der Waals surface area contributed by atoms with Crippen LogP contribution in [0.1, 0.15) is 69.8 Å². The summed E-state index contributed by atoms with van der Waals surface area (Å²) < 4.78 is 1.77.